The maximum atomic E-state index is 13.1. The Labute approximate surface area is 213 Å². The highest BCUT2D eigenvalue weighted by Crippen LogP contribution is 2.40. The van der Waals surface area contributed by atoms with Crippen LogP contribution in [-0.4, -0.2) is 67.2 Å². The van der Waals surface area contributed by atoms with Gasteiger partial charge in [0, 0.05) is 22.8 Å². The van der Waals surface area contributed by atoms with E-state index in [0.717, 1.165) is 22.7 Å². The number of thiazole rings is 1. The summed E-state index contributed by atoms with van der Waals surface area (Å²) in [7, 11) is 1.29. The van der Waals surface area contributed by atoms with Crippen LogP contribution in [0.4, 0.5) is 5.13 Å². The topological polar surface area (TPSA) is 156 Å². The number of carboxylic acid groups (broad SMARTS) is 1. The summed E-state index contributed by atoms with van der Waals surface area (Å²) < 4.78 is 3.96. The van der Waals surface area contributed by atoms with Crippen LogP contribution in [0, 0.1) is 6.92 Å². The zero-order chi connectivity index (χ0) is 25.6. The van der Waals surface area contributed by atoms with Crippen LogP contribution in [0.15, 0.2) is 52.4 Å². The van der Waals surface area contributed by atoms with Crippen molar-refractivity contribution in [2.75, 3.05) is 18.6 Å². The van der Waals surface area contributed by atoms with Crippen LogP contribution in [0.3, 0.4) is 0 Å². The molecule has 0 bridgehead atoms. The summed E-state index contributed by atoms with van der Waals surface area (Å²) in [6, 6.07) is 4.95. The minimum atomic E-state index is -1.19. The molecule has 2 aliphatic rings. The number of thioether (sulfide) groups is 1. The third kappa shape index (κ3) is 3.97. The first-order valence-corrected chi connectivity index (χ1v) is 12.7. The summed E-state index contributed by atoms with van der Waals surface area (Å²) in [6.07, 6.45) is 3.80. The number of aliphatic carboxylic acids is 1. The summed E-state index contributed by atoms with van der Waals surface area (Å²) >= 11 is 2.53. The molecule has 36 heavy (non-hydrogen) atoms. The fraction of sp³-hybridized carbons (Fsp3) is 0.273. The predicted octanol–water partition coefficient (Wildman–Crippen LogP) is 0.363. The number of oxime groups is 1. The number of nitrogens with zero attached hydrogens (tertiary/aromatic N) is 5. The van der Waals surface area contributed by atoms with Crippen molar-refractivity contribution in [3.05, 3.63) is 58.6 Å². The van der Waals surface area contributed by atoms with Crippen molar-refractivity contribution in [2.45, 2.75) is 24.9 Å². The van der Waals surface area contributed by atoms with Crippen molar-refractivity contribution < 1.29 is 28.9 Å². The number of carboxylic acids is 1. The molecule has 4 N–H and O–H groups in total. The maximum Gasteiger partial charge on any atom is 0.352 e. The van der Waals surface area contributed by atoms with E-state index in [2.05, 4.69) is 15.5 Å². The molecule has 2 atom stereocenters. The molecule has 0 spiro atoms. The van der Waals surface area contributed by atoms with Crippen molar-refractivity contribution in [3.63, 3.8) is 0 Å². The number of pyridine rings is 1. The quantitative estimate of drug-likeness (QED) is 0.172. The van der Waals surface area contributed by atoms with Crippen LogP contribution in [0.25, 0.3) is 5.65 Å². The number of aryl methyl sites for hydroxylation is 1. The number of fused-ring (bicyclic) bond motifs is 2. The second kappa shape index (κ2) is 9.28. The number of hydrogen-bond acceptors (Lipinski definition) is 9. The Balaban J connectivity index is 1.38. The van der Waals surface area contributed by atoms with E-state index < -0.39 is 29.2 Å². The summed E-state index contributed by atoms with van der Waals surface area (Å²) in [5.41, 5.74) is 8.27. The van der Waals surface area contributed by atoms with Crippen molar-refractivity contribution >= 4 is 57.4 Å². The first-order valence-electron chi connectivity index (χ1n) is 10.8. The van der Waals surface area contributed by atoms with Crippen LogP contribution >= 0.6 is 23.1 Å². The lowest BCUT2D eigenvalue weighted by molar-refractivity contribution is -0.662. The minimum absolute atomic E-state index is 0.0493. The Morgan fingerprint density at radius 1 is 1.42 bits per heavy atom. The van der Waals surface area contributed by atoms with Gasteiger partial charge in [0.15, 0.2) is 10.8 Å². The molecule has 5 rings (SSSR count). The molecule has 0 aromatic carbocycles. The summed E-state index contributed by atoms with van der Waals surface area (Å²) in [5, 5.41) is 17.6. The van der Waals surface area contributed by atoms with E-state index in [9.17, 15) is 19.5 Å². The number of aromatic nitrogens is 3. The number of nitrogen functional groups attached to an aromatic ring is 1. The maximum absolute atomic E-state index is 13.1. The Morgan fingerprint density at radius 2 is 2.22 bits per heavy atom. The fourth-order valence-electron chi connectivity index (χ4n) is 4.31. The van der Waals surface area contributed by atoms with Crippen molar-refractivity contribution in [1.82, 2.24) is 19.6 Å². The standard InChI is InChI=1S/C22H21N7O5S2/c1-11-4-3-5-14-27(6-7-28(11)14)8-12-9-35-20-16(19(31)29(20)17(12)21(32)33)25-18(30)15(26-34-2)13-10-36-22(23)24-13/h3-7,10,16,20H,8-9H2,1-2H3,(H3-,23,24,25,30,32,33)/p+1/b26-15-/t16-,20-/m1/s1. The number of amides is 2. The van der Waals surface area contributed by atoms with E-state index in [-0.39, 0.29) is 22.2 Å². The third-order valence-electron chi connectivity index (χ3n) is 5.96. The van der Waals surface area contributed by atoms with Crippen LogP contribution in [-0.2, 0) is 25.8 Å². The van der Waals surface area contributed by atoms with E-state index in [1.54, 1.807) is 5.38 Å². The van der Waals surface area contributed by atoms with Gasteiger partial charge in [-0.05, 0) is 13.0 Å². The molecule has 2 aliphatic heterocycles. The Morgan fingerprint density at radius 3 is 2.92 bits per heavy atom. The molecule has 2 amide bonds. The number of carbonyl (C=O) groups excluding carboxylic acids is 2. The zero-order valence-electron chi connectivity index (χ0n) is 19.2. The Kier molecular flexibility index (Phi) is 6.14. The average molecular weight is 529 g/mol. The van der Waals surface area contributed by atoms with Gasteiger partial charge in [-0.15, -0.1) is 23.1 Å². The normalized spacial score (nSPS) is 19.8. The SMILES string of the molecule is CO/N=C(\C(=O)N[C@@H]1C(=O)N2C(C(=O)O)=C(C[n+]3ccn4c(C)cccc43)CS[C@H]12)c1csc(N)n1. The predicted molar refractivity (Wildman–Crippen MR) is 132 cm³/mol. The van der Waals surface area contributed by atoms with Gasteiger partial charge >= 0.3 is 5.97 Å². The first kappa shape index (κ1) is 23.8. The van der Waals surface area contributed by atoms with Gasteiger partial charge in [0.25, 0.3) is 17.5 Å². The van der Waals surface area contributed by atoms with Crippen LogP contribution < -0.4 is 15.6 Å². The molecule has 14 heteroatoms. The van der Waals surface area contributed by atoms with Crippen LogP contribution in [0.5, 0.6) is 0 Å². The van der Waals surface area contributed by atoms with Crippen LogP contribution in [0.1, 0.15) is 11.4 Å². The lowest BCUT2D eigenvalue weighted by atomic mass is 10.0. The number of hydrogen-bond donors (Lipinski definition) is 3. The minimum Gasteiger partial charge on any atom is -0.477 e. The smallest absolute Gasteiger partial charge is 0.352 e. The Hall–Kier alpha value is -3.91. The molecule has 5 heterocycles. The van der Waals surface area contributed by atoms with Gasteiger partial charge in [0.05, 0.1) is 0 Å². The molecule has 0 unspecified atom stereocenters. The number of anilines is 1. The van der Waals surface area contributed by atoms with E-state index in [0.29, 0.717) is 17.9 Å². The lowest BCUT2D eigenvalue weighted by Crippen LogP contribution is -2.71. The molecule has 1 saturated heterocycles. The highest BCUT2D eigenvalue weighted by molar-refractivity contribution is 8.00. The third-order valence-corrected chi connectivity index (χ3v) is 7.97. The highest BCUT2D eigenvalue weighted by atomic mass is 32.2. The van der Waals surface area contributed by atoms with Gasteiger partial charge in [-0.3, -0.25) is 14.5 Å². The number of carbonyl (C=O) groups is 3. The average Bonchev–Trinajstić information content (AvgIpc) is 3.47. The van der Waals surface area contributed by atoms with E-state index in [1.165, 1.54) is 23.8 Å². The lowest BCUT2D eigenvalue weighted by Gasteiger charge is -2.49. The van der Waals surface area contributed by atoms with Crippen molar-refractivity contribution in [3.8, 4) is 0 Å². The molecule has 0 aliphatic carbocycles. The van der Waals surface area contributed by atoms with Crippen LogP contribution in [0.2, 0.25) is 0 Å². The molecule has 3 aromatic heterocycles. The number of β-lactam (4-membered cyclic amide) rings is 1. The largest absolute Gasteiger partial charge is 0.477 e. The van der Waals surface area contributed by atoms with Gasteiger partial charge in [0.2, 0.25) is 0 Å². The van der Waals surface area contributed by atoms with E-state index >= 15 is 0 Å². The number of nitrogens with one attached hydrogen (secondary N) is 1. The van der Waals surface area contributed by atoms with Gasteiger partial charge in [-0.2, -0.15) is 0 Å². The van der Waals surface area contributed by atoms with Crippen molar-refractivity contribution in [1.29, 1.82) is 0 Å². The zero-order valence-corrected chi connectivity index (χ0v) is 20.9. The molecule has 186 valence electrons. The monoisotopic (exact) mass is 528 g/mol. The number of imidazole rings is 1. The molecule has 0 saturated carbocycles. The highest BCUT2D eigenvalue weighted by Gasteiger charge is 2.54. The van der Waals surface area contributed by atoms with E-state index in [1.807, 2.05) is 46.5 Å². The second-order valence-corrected chi connectivity index (χ2v) is 10.1. The van der Waals surface area contributed by atoms with E-state index in [4.69, 9.17) is 10.6 Å². The van der Waals surface area contributed by atoms with Crippen molar-refractivity contribution in [2.24, 2.45) is 5.16 Å². The molecule has 1 fully saturated rings. The van der Waals surface area contributed by atoms with Gasteiger partial charge in [-0.25, -0.2) is 18.7 Å². The molecular formula is C22H22N7O5S2+. The second-order valence-electron chi connectivity index (χ2n) is 8.13. The van der Waals surface area contributed by atoms with Gasteiger partial charge in [0.1, 0.15) is 54.5 Å². The van der Waals surface area contributed by atoms with Gasteiger partial charge < -0.3 is 21.0 Å². The molecule has 12 nitrogen and oxygen atoms in total. The first-order chi connectivity index (χ1) is 17.3. The summed E-state index contributed by atoms with van der Waals surface area (Å²) in [5.74, 6) is -1.97. The fourth-order valence-corrected chi connectivity index (χ4v) is 6.20. The summed E-state index contributed by atoms with van der Waals surface area (Å²) in [6.45, 7) is 2.30. The number of rotatable bonds is 7. The molecule has 0 radical (unpaired) electrons. The number of nitrogens with two attached hydrogens (primary N) is 1. The Bertz CT molecular complexity index is 1460. The molecule has 3 aromatic rings. The molecular weight excluding hydrogens is 506 g/mol. The summed E-state index contributed by atoms with van der Waals surface area (Å²) in [4.78, 5) is 48.2. The van der Waals surface area contributed by atoms with Gasteiger partial charge in [-0.1, -0.05) is 11.2 Å².